The van der Waals surface area contributed by atoms with E-state index < -0.39 is 0 Å². The number of benzene rings is 2. The third kappa shape index (κ3) is 2.25. The quantitative estimate of drug-likeness (QED) is 0.764. The Bertz CT molecular complexity index is 726. The van der Waals surface area contributed by atoms with Crippen molar-refractivity contribution >= 4 is 28.3 Å². The molecule has 0 unspecified atom stereocenters. The Morgan fingerprint density at radius 3 is 2.53 bits per heavy atom. The Labute approximate surface area is 116 Å². The summed E-state index contributed by atoms with van der Waals surface area (Å²) in [5.41, 5.74) is 1.83. The van der Waals surface area contributed by atoms with Gasteiger partial charge in [-0.15, -0.1) is 0 Å². The maximum atomic E-state index is 6.03. The van der Waals surface area contributed by atoms with Gasteiger partial charge in [-0.05, 0) is 18.2 Å². The third-order valence-electron chi connectivity index (χ3n) is 2.93. The molecule has 0 aliphatic rings. The monoisotopic (exact) mass is 269 g/mol. The van der Waals surface area contributed by atoms with Gasteiger partial charge in [0.25, 0.3) is 0 Å². The second kappa shape index (κ2) is 4.86. The SMILES string of the molecule is CNc1nc(-c2ccccc2)nc2cc(Cl)ccc12. The van der Waals surface area contributed by atoms with Crippen LogP contribution in [0.25, 0.3) is 22.3 Å². The molecule has 0 bridgehead atoms. The minimum Gasteiger partial charge on any atom is -0.373 e. The molecular formula is C15H12ClN3. The molecule has 3 nitrogen and oxygen atoms in total. The predicted octanol–water partition coefficient (Wildman–Crippen LogP) is 3.99. The van der Waals surface area contributed by atoms with Crippen LogP contribution in [0, 0.1) is 0 Å². The summed E-state index contributed by atoms with van der Waals surface area (Å²) in [5, 5.41) is 4.74. The van der Waals surface area contributed by atoms with Gasteiger partial charge >= 0.3 is 0 Å². The molecule has 0 aliphatic carbocycles. The smallest absolute Gasteiger partial charge is 0.162 e. The van der Waals surface area contributed by atoms with Crippen molar-refractivity contribution in [2.45, 2.75) is 0 Å². The predicted molar refractivity (Wildman–Crippen MR) is 79.5 cm³/mol. The van der Waals surface area contributed by atoms with Gasteiger partial charge in [-0.25, -0.2) is 9.97 Å². The average Bonchev–Trinajstić information content (AvgIpc) is 2.46. The van der Waals surface area contributed by atoms with E-state index in [0.717, 1.165) is 22.3 Å². The first kappa shape index (κ1) is 11.9. The molecule has 1 heterocycles. The Morgan fingerprint density at radius 2 is 1.79 bits per heavy atom. The minimum atomic E-state index is 0.673. The van der Waals surface area contributed by atoms with E-state index in [4.69, 9.17) is 11.6 Å². The molecule has 19 heavy (non-hydrogen) atoms. The second-order valence-corrected chi connectivity index (χ2v) is 4.61. The molecule has 3 rings (SSSR count). The van der Waals surface area contributed by atoms with Crippen molar-refractivity contribution < 1.29 is 0 Å². The highest BCUT2D eigenvalue weighted by molar-refractivity contribution is 6.31. The zero-order valence-corrected chi connectivity index (χ0v) is 11.1. The lowest BCUT2D eigenvalue weighted by Gasteiger charge is -2.08. The fourth-order valence-corrected chi connectivity index (χ4v) is 2.18. The zero-order chi connectivity index (χ0) is 13.2. The molecular weight excluding hydrogens is 258 g/mol. The number of nitrogens with one attached hydrogen (secondary N) is 1. The van der Waals surface area contributed by atoms with Crippen molar-refractivity contribution in [3.05, 3.63) is 53.6 Å². The van der Waals surface area contributed by atoms with Crippen molar-refractivity contribution in [3.63, 3.8) is 0 Å². The van der Waals surface area contributed by atoms with Gasteiger partial charge in [-0.1, -0.05) is 41.9 Å². The molecule has 0 fully saturated rings. The number of hydrogen-bond acceptors (Lipinski definition) is 3. The molecule has 1 aromatic heterocycles. The van der Waals surface area contributed by atoms with Crippen LogP contribution in [-0.2, 0) is 0 Å². The van der Waals surface area contributed by atoms with Gasteiger partial charge in [-0.3, -0.25) is 0 Å². The maximum absolute atomic E-state index is 6.03. The van der Waals surface area contributed by atoms with Crippen LogP contribution in [0.3, 0.4) is 0 Å². The van der Waals surface area contributed by atoms with Crippen LogP contribution in [0.4, 0.5) is 5.82 Å². The molecule has 0 aliphatic heterocycles. The van der Waals surface area contributed by atoms with E-state index in [1.165, 1.54) is 0 Å². The van der Waals surface area contributed by atoms with Gasteiger partial charge < -0.3 is 5.32 Å². The summed E-state index contributed by atoms with van der Waals surface area (Å²) >= 11 is 6.03. The van der Waals surface area contributed by atoms with Crippen molar-refractivity contribution in [1.82, 2.24) is 9.97 Å². The van der Waals surface area contributed by atoms with Crippen molar-refractivity contribution in [1.29, 1.82) is 0 Å². The van der Waals surface area contributed by atoms with E-state index in [1.54, 1.807) is 0 Å². The van der Waals surface area contributed by atoms with Crippen molar-refractivity contribution in [2.75, 3.05) is 12.4 Å². The normalized spacial score (nSPS) is 10.6. The summed E-state index contributed by atoms with van der Waals surface area (Å²) in [7, 11) is 1.85. The number of halogens is 1. The van der Waals surface area contributed by atoms with Crippen LogP contribution in [0.2, 0.25) is 5.02 Å². The molecule has 0 atom stereocenters. The molecule has 4 heteroatoms. The molecule has 2 aromatic carbocycles. The van der Waals surface area contributed by atoms with E-state index in [2.05, 4.69) is 15.3 Å². The summed E-state index contributed by atoms with van der Waals surface area (Å²) in [6.45, 7) is 0. The van der Waals surface area contributed by atoms with E-state index >= 15 is 0 Å². The van der Waals surface area contributed by atoms with Crippen LogP contribution in [0.1, 0.15) is 0 Å². The first-order valence-corrected chi connectivity index (χ1v) is 6.36. The Hall–Kier alpha value is -2.13. The molecule has 3 aromatic rings. The van der Waals surface area contributed by atoms with Gasteiger partial charge in [0.1, 0.15) is 5.82 Å². The summed E-state index contributed by atoms with van der Waals surface area (Å²) in [6, 6.07) is 15.5. The molecule has 1 N–H and O–H groups in total. The molecule has 0 saturated carbocycles. The first-order valence-electron chi connectivity index (χ1n) is 5.98. The highest BCUT2D eigenvalue weighted by Crippen LogP contribution is 2.26. The second-order valence-electron chi connectivity index (χ2n) is 4.17. The summed E-state index contributed by atoms with van der Waals surface area (Å²) < 4.78 is 0. The lowest BCUT2D eigenvalue weighted by atomic mass is 10.2. The van der Waals surface area contributed by atoms with Crippen LogP contribution in [0.15, 0.2) is 48.5 Å². The highest BCUT2D eigenvalue weighted by atomic mass is 35.5. The lowest BCUT2D eigenvalue weighted by molar-refractivity contribution is 1.21. The van der Waals surface area contributed by atoms with Crippen LogP contribution in [-0.4, -0.2) is 17.0 Å². The zero-order valence-electron chi connectivity index (χ0n) is 10.4. The van der Waals surface area contributed by atoms with Gasteiger partial charge in [0.2, 0.25) is 0 Å². The average molecular weight is 270 g/mol. The van der Waals surface area contributed by atoms with Gasteiger partial charge in [0.15, 0.2) is 5.82 Å². The third-order valence-corrected chi connectivity index (χ3v) is 3.16. The van der Waals surface area contributed by atoms with Crippen molar-refractivity contribution in [3.8, 4) is 11.4 Å². The summed E-state index contributed by atoms with van der Waals surface area (Å²) in [6.07, 6.45) is 0. The number of nitrogens with zero attached hydrogens (tertiary/aromatic N) is 2. The number of aromatic nitrogens is 2. The molecule has 0 radical (unpaired) electrons. The Kier molecular flexibility index (Phi) is 3.05. The molecule has 94 valence electrons. The maximum Gasteiger partial charge on any atom is 0.162 e. The fraction of sp³-hybridized carbons (Fsp3) is 0.0667. The number of hydrogen-bond donors (Lipinski definition) is 1. The summed E-state index contributed by atoms with van der Waals surface area (Å²) in [5.74, 6) is 1.50. The van der Waals surface area contributed by atoms with Crippen LogP contribution < -0.4 is 5.32 Å². The van der Waals surface area contributed by atoms with E-state index in [9.17, 15) is 0 Å². The fourth-order valence-electron chi connectivity index (χ4n) is 2.01. The highest BCUT2D eigenvalue weighted by Gasteiger charge is 2.08. The largest absolute Gasteiger partial charge is 0.373 e. The minimum absolute atomic E-state index is 0.673. The lowest BCUT2D eigenvalue weighted by Crippen LogP contribution is -1.98. The van der Waals surface area contributed by atoms with Gasteiger partial charge in [0.05, 0.1) is 5.52 Å². The number of rotatable bonds is 2. The van der Waals surface area contributed by atoms with Crippen LogP contribution >= 0.6 is 11.6 Å². The van der Waals surface area contributed by atoms with Crippen molar-refractivity contribution in [2.24, 2.45) is 0 Å². The number of anilines is 1. The first-order chi connectivity index (χ1) is 9.28. The number of fused-ring (bicyclic) bond motifs is 1. The van der Waals surface area contributed by atoms with E-state index in [-0.39, 0.29) is 0 Å². The topological polar surface area (TPSA) is 37.8 Å². The Morgan fingerprint density at radius 1 is 1.00 bits per heavy atom. The Balaban J connectivity index is 2.27. The van der Waals surface area contributed by atoms with Gasteiger partial charge in [-0.2, -0.15) is 0 Å². The standard InChI is InChI=1S/C15H12ClN3/c1-17-15-12-8-7-11(16)9-13(12)18-14(19-15)10-5-3-2-4-6-10/h2-9H,1H3,(H,17,18,19). The van der Waals surface area contributed by atoms with E-state index in [1.807, 2.05) is 55.6 Å². The molecule has 0 saturated heterocycles. The van der Waals surface area contributed by atoms with E-state index in [0.29, 0.717) is 10.8 Å². The van der Waals surface area contributed by atoms with Crippen LogP contribution in [0.5, 0.6) is 0 Å². The summed E-state index contributed by atoms with van der Waals surface area (Å²) in [4.78, 5) is 9.13. The molecule has 0 amide bonds. The molecule has 0 spiro atoms. The van der Waals surface area contributed by atoms with Gasteiger partial charge in [0, 0.05) is 23.0 Å².